The van der Waals surface area contributed by atoms with Crippen LogP contribution in [0.1, 0.15) is 110 Å². The monoisotopic (exact) mass is 617 g/mol. The molecule has 0 heterocycles. The van der Waals surface area contributed by atoms with Crippen LogP contribution in [0.5, 0.6) is 11.5 Å². The van der Waals surface area contributed by atoms with Crippen LogP contribution in [-0.4, -0.2) is 54.3 Å². The third kappa shape index (κ3) is 14.4. The minimum Gasteiger partial charge on any atom is -0.434 e. The highest BCUT2D eigenvalue weighted by atomic mass is 16.7. The van der Waals surface area contributed by atoms with Gasteiger partial charge in [0, 0.05) is 19.2 Å². The molecule has 0 aliphatic rings. The maximum absolute atomic E-state index is 12.8. The fourth-order valence-electron chi connectivity index (χ4n) is 4.30. The van der Waals surface area contributed by atoms with Crippen LogP contribution in [-0.2, 0) is 14.3 Å². The topological polar surface area (TPSA) is 158 Å². The van der Waals surface area contributed by atoms with Crippen molar-refractivity contribution in [2.45, 2.75) is 105 Å². The molecule has 0 radical (unpaired) electrons. The van der Waals surface area contributed by atoms with Crippen molar-refractivity contribution in [3.63, 3.8) is 0 Å². The number of hydrogen-bond donors (Lipinski definition) is 0. The minimum atomic E-state index is -1.20. The van der Waals surface area contributed by atoms with Crippen LogP contribution in [0.25, 0.3) is 6.08 Å². The lowest BCUT2D eigenvalue weighted by Gasteiger charge is -2.17. The van der Waals surface area contributed by atoms with Gasteiger partial charge in [-0.1, -0.05) is 78.1 Å². The van der Waals surface area contributed by atoms with Crippen LogP contribution in [0, 0.1) is 21.4 Å². The van der Waals surface area contributed by atoms with Crippen LogP contribution in [0.3, 0.4) is 0 Å². The lowest BCUT2D eigenvalue weighted by Crippen LogP contribution is -2.31. The van der Waals surface area contributed by atoms with Crippen molar-refractivity contribution < 1.29 is 38.3 Å². The molecule has 0 unspecified atom stereocenters. The Morgan fingerprint density at radius 1 is 0.818 bits per heavy atom. The van der Waals surface area contributed by atoms with Gasteiger partial charge in [-0.15, -0.1) is 0 Å². The molecule has 1 aromatic carbocycles. The summed E-state index contributed by atoms with van der Waals surface area (Å²) in [6, 6.07) is 3.98. The van der Waals surface area contributed by atoms with E-state index in [9.17, 15) is 29.8 Å². The maximum atomic E-state index is 12.8. The predicted molar refractivity (Wildman–Crippen MR) is 165 cm³/mol. The normalized spacial score (nSPS) is 10.9. The molecule has 0 aromatic heterocycles. The average Bonchev–Trinajstić information content (AvgIpc) is 3.00. The zero-order valence-corrected chi connectivity index (χ0v) is 26.6. The zero-order chi connectivity index (χ0) is 32.7. The lowest BCUT2D eigenvalue weighted by atomic mass is 10.1. The molecular weight excluding hydrogens is 570 g/mol. The third-order valence-electron chi connectivity index (χ3n) is 6.78. The smallest absolute Gasteiger partial charge is 0.434 e. The molecule has 0 spiro atoms. The van der Waals surface area contributed by atoms with Crippen LogP contribution in [0.15, 0.2) is 17.7 Å². The first-order valence-electron chi connectivity index (χ1n) is 15.6. The quantitative estimate of drug-likeness (QED) is 0.0251. The third-order valence-corrected chi connectivity index (χ3v) is 6.78. The van der Waals surface area contributed by atoms with E-state index in [0.29, 0.717) is 25.9 Å². The Hall–Kier alpha value is -4.14. The zero-order valence-electron chi connectivity index (χ0n) is 26.6. The van der Waals surface area contributed by atoms with E-state index in [0.717, 1.165) is 82.4 Å². The summed E-state index contributed by atoms with van der Waals surface area (Å²) in [6.45, 7) is 8.55. The van der Waals surface area contributed by atoms with Crippen molar-refractivity contribution in [1.29, 1.82) is 5.26 Å². The first-order chi connectivity index (χ1) is 21.2. The van der Waals surface area contributed by atoms with Gasteiger partial charge in [-0.2, -0.15) is 5.26 Å². The van der Waals surface area contributed by atoms with Crippen LogP contribution >= 0.6 is 0 Å². The van der Waals surface area contributed by atoms with Crippen LogP contribution < -0.4 is 9.47 Å². The van der Waals surface area contributed by atoms with Crippen molar-refractivity contribution in [1.82, 2.24) is 4.90 Å². The van der Waals surface area contributed by atoms with E-state index in [4.69, 9.17) is 18.9 Å². The number of ether oxygens (including phenoxy) is 4. The van der Waals surface area contributed by atoms with E-state index in [2.05, 4.69) is 13.8 Å². The minimum absolute atomic E-state index is 0.000256. The Bertz CT molecular complexity index is 1140. The Kier molecular flexibility index (Phi) is 19.3. The number of amides is 1. The molecule has 0 saturated carbocycles. The number of nitrogens with zero attached hydrogens (tertiary/aromatic N) is 3. The maximum Gasteiger partial charge on any atom is 0.514 e. The number of nitriles is 1. The van der Waals surface area contributed by atoms with Crippen molar-refractivity contribution >= 4 is 30.0 Å². The predicted octanol–water partition coefficient (Wildman–Crippen LogP) is 8.12. The van der Waals surface area contributed by atoms with Gasteiger partial charge in [0.2, 0.25) is 0 Å². The second-order valence-electron chi connectivity index (χ2n) is 10.2. The fourth-order valence-corrected chi connectivity index (χ4v) is 4.30. The van der Waals surface area contributed by atoms with Crippen LogP contribution in [0.4, 0.5) is 15.3 Å². The Morgan fingerprint density at radius 2 is 1.32 bits per heavy atom. The summed E-state index contributed by atoms with van der Waals surface area (Å²) >= 11 is 0. The molecule has 0 saturated heterocycles. The summed E-state index contributed by atoms with van der Waals surface area (Å²) in [7, 11) is 0. The largest absolute Gasteiger partial charge is 0.514 e. The summed E-state index contributed by atoms with van der Waals surface area (Å²) in [5, 5.41) is 21.7. The van der Waals surface area contributed by atoms with E-state index >= 15 is 0 Å². The van der Waals surface area contributed by atoms with Gasteiger partial charge in [0.25, 0.3) is 11.7 Å². The number of nitro benzene ring substituents is 1. The van der Waals surface area contributed by atoms with Gasteiger partial charge in [-0.25, -0.2) is 9.59 Å². The Morgan fingerprint density at radius 3 is 1.80 bits per heavy atom. The summed E-state index contributed by atoms with van der Waals surface area (Å²) in [5.41, 5.74) is -1.02. The van der Waals surface area contributed by atoms with Gasteiger partial charge in [0.05, 0.1) is 18.1 Å². The first kappa shape index (κ1) is 37.9. The van der Waals surface area contributed by atoms with E-state index < -0.39 is 40.3 Å². The van der Waals surface area contributed by atoms with Gasteiger partial charge in [-0.3, -0.25) is 14.9 Å². The van der Waals surface area contributed by atoms with Crippen molar-refractivity contribution in [2.75, 3.05) is 26.3 Å². The highest BCUT2D eigenvalue weighted by Crippen LogP contribution is 2.40. The van der Waals surface area contributed by atoms with Gasteiger partial charge in [0.1, 0.15) is 11.6 Å². The summed E-state index contributed by atoms with van der Waals surface area (Å²) in [5.74, 6) is -1.73. The number of hydrogen-bond acceptors (Lipinski definition) is 10. The summed E-state index contributed by atoms with van der Waals surface area (Å²) in [6.07, 6.45) is 10.3. The van der Waals surface area contributed by atoms with Gasteiger partial charge >= 0.3 is 18.0 Å². The van der Waals surface area contributed by atoms with Crippen molar-refractivity contribution in [2.24, 2.45) is 0 Å². The molecule has 44 heavy (non-hydrogen) atoms. The highest BCUT2D eigenvalue weighted by Gasteiger charge is 2.28. The molecule has 244 valence electrons. The molecule has 0 N–H and O–H groups in total. The van der Waals surface area contributed by atoms with E-state index in [1.165, 1.54) is 4.90 Å². The van der Waals surface area contributed by atoms with Crippen molar-refractivity contribution in [3.8, 4) is 17.6 Å². The molecular formula is C32H47N3O9. The fraction of sp³-hybridized carbons (Fsp3) is 0.625. The number of unbranched alkanes of at least 4 members (excludes halogenated alkanes) is 10. The molecule has 0 aliphatic carbocycles. The standard InChI is InChI=1S/C32H47N3O9/c1-5-9-11-13-15-17-19-41-31(37)43-28-23-25(21-26(24-33)30(36)34(7-3)8-4)22-27(35(39)40)29(28)44-32(38)42-20-18-16-14-12-10-6-2/h21-23H,5-20H2,1-4H3. The van der Waals surface area contributed by atoms with Gasteiger partial charge in [-0.05, 0) is 44.4 Å². The number of nitro groups is 1. The molecule has 0 aliphatic heterocycles. The molecule has 1 amide bonds. The highest BCUT2D eigenvalue weighted by molar-refractivity contribution is 6.01. The van der Waals surface area contributed by atoms with Crippen LogP contribution in [0.2, 0.25) is 0 Å². The van der Waals surface area contributed by atoms with Crippen molar-refractivity contribution in [3.05, 3.63) is 33.4 Å². The first-order valence-corrected chi connectivity index (χ1v) is 15.6. The Balaban J connectivity index is 3.23. The molecule has 12 heteroatoms. The number of likely N-dealkylation sites (N-methyl/N-ethyl adjacent to an activating group) is 1. The Labute approximate surface area is 260 Å². The molecule has 12 nitrogen and oxygen atoms in total. The molecule has 0 atom stereocenters. The van der Waals surface area contributed by atoms with E-state index in [-0.39, 0.29) is 24.4 Å². The van der Waals surface area contributed by atoms with Gasteiger partial charge in [0.15, 0.2) is 5.75 Å². The molecule has 0 bridgehead atoms. The number of benzene rings is 1. The second-order valence-corrected chi connectivity index (χ2v) is 10.2. The average molecular weight is 618 g/mol. The molecule has 1 aromatic rings. The number of rotatable bonds is 21. The number of carbonyl (C=O) groups is 3. The number of carbonyl (C=O) groups excluding carboxylic acids is 3. The lowest BCUT2D eigenvalue weighted by molar-refractivity contribution is -0.385. The molecule has 0 fully saturated rings. The van der Waals surface area contributed by atoms with Gasteiger partial charge < -0.3 is 23.8 Å². The molecule has 1 rings (SSSR count). The van der Waals surface area contributed by atoms with E-state index in [1.807, 2.05) is 6.07 Å². The summed E-state index contributed by atoms with van der Waals surface area (Å²) < 4.78 is 20.7. The van der Waals surface area contributed by atoms with E-state index in [1.54, 1.807) is 13.8 Å². The SMILES string of the molecule is CCCCCCCCOC(=O)Oc1cc(C=C(C#N)C(=O)N(CC)CC)cc([N+](=O)[O-])c1OC(=O)OCCCCCCCC. The second kappa shape index (κ2) is 22.4. The summed E-state index contributed by atoms with van der Waals surface area (Å²) in [4.78, 5) is 50.4.